The molecule has 2 aromatic rings. The van der Waals surface area contributed by atoms with Crippen LogP contribution in [0.25, 0.3) is 0 Å². The topological polar surface area (TPSA) is 83.1 Å². The van der Waals surface area contributed by atoms with E-state index < -0.39 is 18.0 Å². The summed E-state index contributed by atoms with van der Waals surface area (Å²) >= 11 is 6.10. The van der Waals surface area contributed by atoms with E-state index in [1.165, 1.54) is 33.3 Å². The molecule has 7 nitrogen and oxygen atoms in total. The lowest BCUT2D eigenvalue weighted by atomic mass is 10.2. The number of benzene rings is 2. The van der Waals surface area contributed by atoms with E-state index in [-0.39, 0.29) is 22.9 Å². The minimum absolute atomic E-state index is 0.145. The third kappa shape index (κ3) is 5.07. The molecule has 150 valence electrons. The molecule has 28 heavy (non-hydrogen) atoms. The summed E-state index contributed by atoms with van der Waals surface area (Å²) in [7, 11) is 4.42. The molecule has 1 atom stereocenters. The summed E-state index contributed by atoms with van der Waals surface area (Å²) in [6.07, 6.45) is -1.01. The zero-order chi connectivity index (χ0) is 20.7. The van der Waals surface area contributed by atoms with E-state index in [1.54, 1.807) is 13.2 Å². The van der Waals surface area contributed by atoms with E-state index in [4.69, 9.17) is 30.5 Å². The van der Waals surface area contributed by atoms with E-state index in [0.717, 1.165) is 5.56 Å². The summed E-state index contributed by atoms with van der Waals surface area (Å²) in [5, 5.41) is 2.91. The predicted octanol–water partition coefficient (Wildman–Crippen LogP) is 3.23. The van der Waals surface area contributed by atoms with Crippen molar-refractivity contribution in [2.24, 2.45) is 0 Å². The second-order valence-corrected chi connectivity index (χ2v) is 6.18. The van der Waals surface area contributed by atoms with Crippen LogP contribution in [0.15, 0.2) is 36.4 Å². The van der Waals surface area contributed by atoms with Gasteiger partial charge in [0.2, 0.25) is 0 Å². The number of carbonyl (C=O) groups excluding carboxylic acids is 2. The molecule has 0 radical (unpaired) electrons. The first-order valence-corrected chi connectivity index (χ1v) is 8.81. The maximum atomic E-state index is 12.4. The Labute approximate surface area is 168 Å². The van der Waals surface area contributed by atoms with Gasteiger partial charge in [0.05, 0.1) is 31.9 Å². The monoisotopic (exact) mass is 407 g/mol. The van der Waals surface area contributed by atoms with Gasteiger partial charge in [-0.15, -0.1) is 0 Å². The SMILES string of the molecule is COc1ccccc1CNC(=O)C(C)OC(=O)c1cc(Cl)c(OC)c(OC)c1. The molecule has 1 N–H and O–H groups in total. The van der Waals surface area contributed by atoms with Crippen LogP contribution in [0.4, 0.5) is 0 Å². The van der Waals surface area contributed by atoms with Gasteiger partial charge < -0.3 is 24.3 Å². The Balaban J connectivity index is 2.01. The molecule has 1 amide bonds. The smallest absolute Gasteiger partial charge is 0.339 e. The molecule has 0 fully saturated rings. The van der Waals surface area contributed by atoms with Crippen molar-refractivity contribution in [2.45, 2.75) is 19.6 Å². The number of amides is 1. The number of esters is 1. The lowest BCUT2D eigenvalue weighted by Crippen LogP contribution is -2.35. The highest BCUT2D eigenvalue weighted by molar-refractivity contribution is 6.32. The van der Waals surface area contributed by atoms with E-state index in [9.17, 15) is 9.59 Å². The van der Waals surface area contributed by atoms with Crippen molar-refractivity contribution in [1.82, 2.24) is 5.32 Å². The summed E-state index contributed by atoms with van der Waals surface area (Å²) in [5.41, 5.74) is 0.954. The quantitative estimate of drug-likeness (QED) is 0.676. The lowest BCUT2D eigenvalue weighted by molar-refractivity contribution is -0.129. The first kappa shape index (κ1) is 21.4. The van der Waals surface area contributed by atoms with Crippen molar-refractivity contribution < 1.29 is 28.5 Å². The highest BCUT2D eigenvalue weighted by atomic mass is 35.5. The van der Waals surface area contributed by atoms with Gasteiger partial charge in [0, 0.05) is 12.1 Å². The minimum Gasteiger partial charge on any atom is -0.496 e. The molecule has 0 aromatic heterocycles. The molecule has 0 aliphatic rings. The summed E-state index contributed by atoms with van der Waals surface area (Å²) < 4.78 is 20.8. The van der Waals surface area contributed by atoms with Crippen LogP contribution < -0.4 is 19.5 Å². The van der Waals surface area contributed by atoms with Crippen LogP contribution in [0, 0.1) is 0 Å². The zero-order valence-electron chi connectivity index (χ0n) is 16.1. The van der Waals surface area contributed by atoms with Gasteiger partial charge in [-0.25, -0.2) is 4.79 Å². The molecule has 0 saturated carbocycles. The number of nitrogens with one attached hydrogen (secondary N) is 1. The standard InChI is InChI=1S/C20H22ClNO6/c1-12(19(23)22-11-13-7-5-6-8-16(13)25-2)28-20(24)14-9-15(21)18(27-4)17(10-14)26-3/h5-10,12H,11H2,1-4H3,(H,22,23). The van der Waals surface area contributed by atoms with Gasteiger partial charge in [-0.3, -0.25) is 4.79 Å². The first-order chi connectivity index (χ1) is 13.4. The van der Waals surface area contributed by atoms with E-state index in [2.05, 4.69) is 5.32 Å². The Morgan fingerprint density at radius 1 is 1.04 bits per heavy atom. The molecule has 2 rings (SSSR count). The van der Waals surface area contributed by atoms with Crippen LogP contribution in [-0.4, -0.2) is 39.3 Å². The minimum atomic E-state index is -1.01. The van der Waals surface area contributed by atoms with Crippen LogP contribution in [0.3, 0.4) is 0 Å². The Morgan fingerprint density at radius 2 is 1.71 bits per heavy atom. The largest absolute Gasteiger partial charge is 0.496 e. The van der Waals surface area contributed by atoms with Crippen molar-refractivity contribution in [2.75, 3.05) is 21.3 Å². The number of hydrogen-bond donors (Lipinski definition) is 1. The summed E-state index contributed by atoms with van der Waals surface area (Å²) in [6.45, 7) is 1.73. The number of rotatable bonds is 8. The number of carbonyl (C=O) groups is 2. The van der Waals surface area contributed by atoms with Gasteiger partial charge in [0.1, 0.15) is 5.75 Å². The average molecular weight is 408 g/mol. The van der Waals surface area contributed by atoms with Gasteiger partial charge in [-0.1, -0.05) is 29.8 Å². The first-order valence-electron chi connectivity index (χ1n) is 8.43. The molecule has 1 unspecified atom stereocenters. The second-order valence-electron chi connectivity index (χ2n) is 5.77. The Hall–Kier alpha value is -2.93. The number of para-hydroxylation sites is 1. The third-order valence-corrected chi connectivity index (χ3v) is 4.25. The summed E-state index contributed by atoms with van der Waals surface area (Å²) in [5.74, 6) is 0.111. The van der Waals surface area contributed by atoms with Gasteiger partial charge in [-0.2, -0.15) is 0 Å². The van der Waals surface area contributed by atoms with Crippen molar-refractivity contribution in [3.63, 3.8) is 0 Å². The van der Waals surface area contributed by atoms with Crippen molar-refractivity contribution >= 4 is 23.5 Å². The van der Waals surface area contributed by atoms with Crippen LogP contribution in [0.5, 0.6) is 17.2 Å². The molecule has 0 bridgehead atoms. The number of methoxy groups -OCH3 is 3. The van der Waals surface area contributed by atoms with Gasteiger partial charge in [0.25, 0.3) is 5.91 Å². The van der Waals surface area contributed by atoms with Crippen LogP contribution in [0.1, 0.15) is 22.8 Å². The number of halogens is 1. The van der Waals surface area contributed by atoms with Crippen molar-refractivity contribution in [1.29, 1.82) is 0 Å². The van der Waals surface area contributed by atoms with Gasteiger partial charge in [-0.05, 0) is 25.1 Å². The molecule has 0 aliphatic heterocycles. The normalized spacial score (nSPS) is 11.3. The molecule has 8 heteroatoms. The predicted molar refractivity (Wildman–Crippen MR) is 104 cm³/mol. The maximum absolute atomic E-state index is 12.4. The highest BCUT2D eigenvalue weighted by Gasteiger charge is 2.21. The second kappa shape index (κ2) is 9.85. The molecule has 0 spiro atoms. The van der Waals surface area contributed by atoms with Gasteiger partial charge >= 0.3 is 5.97 Å². The third-order valence-electron chi connectivity index (χ3n) is 3.97. The highest BCUT2D eigenvalue weighted by Crippen LogP contribution is 2.36. The van der Waals surface area contributed by atoms with Crippen LogP contribution in [0.2, 0.25) is 5.02 Å². The number of ether oxygens (including phenoxy) is 4. The molecular formula is C20H22ClNO6. The van der Waals surface area contributed by atoms with Crippen LogP contribution in [-0.2, 0) is 16.1 Å². The fraction of sp³-hybridized carbons (Fsp3) is 0.300. The fourth-order valence-electron chi connectivity index (χ4n) is 2.49. The average Bonchev–Trinajstić information content (AvgIpc) is 2.71. The maximum Gasteiger partial charge on any atom is 0.339 e. The van der Waals surface area contributed by atoms with Crippen molar-refractivity contribution in [3.05, 3.63) is 52.5 Å². The number of hydrogen-bond acceptors (Lipinski definition) is 6. The van der Waals surface area contributed by atoms with E-state index in [1.807, 2.05) is 18.2 Å². The molecule has 0 heterocycles. The van der Waals surface area contributed by atoms with E-state index in [0.29, 0.717) is 11.5 Å². The molecule has 2 aromatic carbocycles. The lowest BCUT2D eigenvalue weighted by Gasteiger charge is -2.16. The Kier molecular flexibility index (Phi) is 7.52. The summed E-state index contributed by atoms with van der Waals surface area (Å²) in [6, 6.07) is 10.1. The molecule has 0 saturated heterocycles. The zero-order valence-corrected chi connectivity index (χ0v) is 16.8. The van der Waals surface area contributed by atoms with Crippen LogP contribution >= 0.6 is 11.6 Å². The molecular weight excluding hydrogens is 386 g/mol. The Morgan fingerprint density at radius 3 is 2.36 bits per heavy atom. The van der Waals surface area contributed by atoms with E-state index >= 15 is 0 Å². The fourth-order valence-corrected chi connectivity index (χ4v) is 2.78. The van der Waals surface area contributed by atoms with Crippen molar-refractivity contribution in [3.8, 4) is 17.2 Å². The molecule has 0 aliphatic carbocycles. The van der Waals surface area contributed by atoms with Gasteiger partial charge in [0.15, 0.2) is 17.6 Å². The summed E-state index contributed by atoms with van der Waals surface area (Å²) in [4.78, 5) is 24.7. The Bertz CT molecular complexity index is 855.